The predicted molar refractivity (Wildman–Crippen MR) is 56.9 cm³/mol. The lowest BCUT2D eigenvalue weighted by molar-refractivity contribution is -0.139. The molecule has 0 aliphatic heterocycles. The highest BCUT2D eigenvalue weighted by Crippen LogP contribution is 2.13. The number of hydrogen-bond acceptors (Lipinski definition) is 3. The van der Waals surface area contributed by atoms with Crippen molar-refractivity contribution in [2.75, 3.05) is 6.61 Å². The van der Waals surface area contributed by atoms with E-state index in [0.717, 1.165) is 12.0 Å². The third kappa shape index (κ3) is 3.59. The molecular weight excluding hydrogens is 194 g/mol. The van der Waals surface area contributed by atoms with Gasteiger partial charge < -0.3 is 15.6 Å². The van der Waals surface area contributed by atoms with Crippen LogP contribution in [-0.2, 0) is 11.2 Å². The molecule has 1 aromatic carbocycles. The molecule has 3 N–H and O–H groups in total. The fraction of sp³-hybridized carbons (Fsp3) is 0.364. The van der Waals surface area contributed by atoms with Crippen LogP contribution in [0.1, 0.15) is 12.5 Å². The number of nitrogens with two attached hydrogens (primary N) is 1. The van der Waals surface area contributed by atoms with Gasteiger partial charge in [0.15, 0.2) is 0 Å². The van der Waals surface area contributed by atoms with E-state index >= 15 is 0 Å². The number of rotatable bonds is 5. The Hall–Kier alpha value is -1.55. The number of aliphatic carboxylic acids is 1. The van der Waals surface area contributed by atoms with Gasteiger partial charge in [-0.2, -0.15) is 0 Å². The van der Waals surface area contributed by atoms with Crippen molar-refractivity contribution < 1.29 is 14.6 Å². The van der Waals surface area contributed by atoms with Gasteiger partial charge in [-0.1, -0.05) is 19.1 Å². The van der Waals surface area contributed by atoms with E-state index < -0.39 is 12.0 Å². The lowest BCUT2D eigenvalue weighted by Gasteiger charge is -2.09. The first kappa shape index (κ1) is 11.5. The van der Waals surface area contributed by atoms with Gasteiger partial charge in [-0.3, -0.25) is 4.79 Å². The maximum absolute atomic E-state index is 10.4. The van der Waals surface area contributed by atoms with E-state index in [9.17, 15) is 4.79 Å². The van der Waals surface area contributed by atoms with Crippen LogP contribution in [0, 0.1) is 0 Å². The number of carboxylic acid groups (broad SMARTS) is 1. The monoisotopic (exact) mass is 209 g/mol. The molecule has 0 bridgehead atoms. The van der Waals surface area contributed by atoms with Crippen LogP contribution in [0.4, 0.5) is 0 Å². The molecule has 0 amide bonds. The summed E-state index contributed by atoms with van der Waals surface area (Å²) in [6, 6.07) is 6.56. The average molecular weight is 209 g/mol. The van der Waals surface area contributed by atoms with Gasteiger partial charge in [-0.05, 0) is 24.1 Å². The molecule has 4 heteroatoms. The molecule has 0 unspecified atom stereocenters. The van der Waals surface area contributed by atoms with Crippen LogP contribution in [-0.4, -0.2) is 23.7 Å². The molecule has 1 aromatic rings. The Kier molecular flexibility index (Phi) is 4.12. The molecule has 0 spiro atoms. The SMILES string of the molecule is CCc1cccc(OC[C@H](N)C(=O)O)c1. The van der Waals surface area contributed by atoms with E-state index in [-0.39, 0.29) is 6.61 Å². The van der Waals surface area contributed by atoms with Crippen LogP contribution in [0.25, 0.3) is 0 Å². The lowest BCUT2D eigenvalue weighted by atomic mass is 10.2. The van der Waals surface area contributed by atoms with Gasteiger partial charge in [-0.15, -0.1) is 0 Å². The van der Waals surface area contributed by atoms with E-state index in [2.05, 4.69) is 0 Å². The summed E-state index contributed by atoms with van der Waals surface area (Å²) in [6.07, 6.45) is 0.919. The summed E-state index contributed by atoms with van der Waals surface area (Å²) in [6.45, 7) is 2.03. The van der Waals surface area contributed by atoms with Crippen molar-refractivity contribution in [3.05, 3.63) is 29.8 Å². The Morgan fingerprint density at radius 1 is 1.60 bits per heavy atom. The standard InChI is InChI=1S/C11H15NO3/c1-2-8-4-3-5-9(6-8)15-7-10(12)11(13)14/h3-6,10H,2,7,12H2,1H3,(H,13,14)/t10-/m0/s1. The highest BCUT2D eigenvalue weighted by atomic mass is 16.5. The second kappa shape index (κ2) is 5.36. The third-order valence-corrected chi connectivity index (χ3v) is 2.05. The first-order valence-electron chi connectivity index (χ1n) is 4.83. The molecule has 15 heavy (non-hydrogen) atoms. The molecule has 1 atom stereocenters. The van der Waals surface area contributed by atoms with Gasteiger partial charge in [0.2, 0.25) is 0 Å². The fourth-order valence-electron chi connectivity index (χ4n) is 1.11. The van der Waals surface area contributed by atoms with Crippen LogP contribution in [0.3, 0.4) is 0 Å². The number of benzene rings is 1. The Morgan fingerprint density at radius 3 is 2.93 bits per heavy atom. The predicted octanol–water partition coefficient (Wildman–Crippen LogP) is 1.04. The summed E-state index contributed by atoms with van der Waals surface area (Å²) >= 11 is 0. The minimum atomic E-state index is -1.05. The molecular formula is C11H15NO3. The summed E-state index contributed by atoms with van der Waals surface area (Å²) in [7, 11) is 0. The van der Waals surface area contributed by atoms with E-state index in [1.165, 1.54) is 0 Å². The number of carbonyl (C=O) groups is 1. The van der Waals surface area contributed by atoms with Crippen LogP contribution in [0.15, 0.2) is 24.3 Å². The van der Waals surface area contributed by atoms with Gasteiger partial charge in [-0.25, -0.2) is 0 Å². The number of hydrogen-bond donors (Lipinski definition) is 2. The van der Waals surface area contributed by atoms with Crippen molar-refractivity contribution in [2.45, 2.75) is 19.4 Å². The highest BCUT2D eigenvalue weighted by Gasteiger charge is 2.11. The van der Waals surface area contributed by atoms with E-state index in [0.29, 0.717) is 5.75 Å². The molecule has 4 nitrogen and oxygen atoms in total. The summed E-state index contributed by atoms with van der Waals surface area (Å²) in [5, 5.41) is 8.56. The van der Waals surface area contributed by atoms with E-state index in [1.54, 1.807) is 6.07 Å². The molecule has 0 heterocycles. The second-order valence-electron chi connectivity index (χ2n) is 3.26. The van der Waals surface area contributed by atoms with Gasteiger partial charge >= 0.3 is 5.97 Å². The van der Waals surface area contributed by atoms with Crippen molar-refractivity contribution in [3.8, 4) is 5.75 Å². The zero-order chi connectivity index (χ0) is 11.3. The van der Waals surface area contributed by atoms with E-state index in [4.69, 9.17) is 15.6 Å². The molecule has 0 aromatic heterocycles. The highest BCUT2D eigenvalue weighted by molar-refractivity contribution is 5.73. The second-order valence-corrected chi connectivity index (χ2v) is 3.26. The van der Waals surface area contributed by atoms with Crippen LogP contribution in [0.5, 0.6) is 5.75 Å². The molecule has 0 saturated heterocycles. The van der Waals surface area contributed by atoms with Gasteiger partial charge in [0.1, 0.15) is 18.4 Å². The Balaban J connectivity index is 2.53. The molecule has 82 valence electrons. The molecule has 0 saturated carbocycles. The maximum atomic E-state index is 10.4. The van der Waals surface area contributed by atoms with Crippen molar-refractivity contribution in [3.63, 3.8) is 0 Å². The zero-order valence-electron chi connectivity index (χ0n) is 8.64. The minimum Gasteiger partial charge on any atom is -0.491 e. The van der Waals surface area contributed by atoms with Crippen LogP contribution < -0.4 is 10.5 Å². The topological polar surface area (TPSA) is 72.5 Å². The summed E-state index contributed by atoms with van der Waals surface area (Å²) in [5.41, 5.74) is 6.46. The van der Waals surface area contributed by atoms with Crippen molar-refractivity contribution in [2.24, 2.45) is 5.73 Å². The van der Waals surface area contributed by atoms with Crippen LogP contribution in [0.2, 0.25) is 0 Å². The van der Waals surface area contributed by atoms with Crippen LogP contribution >= 0.6 is 0 Å². The normalized spacial score (nSPS) is 12.1. The van der Waals surface area contributed by atoms with Crippen molar-refractivity contribution >= 4 is 5.97 Å². The third-order valence-electron chi connectivity index (χ3n) is 2.05. The minimum absolute atomic E-state index is 0.0114. The zero-order valence-corrected chi connectivity index (χ0v) is 8.64. The summed E-state index contributed by atoms with van der Waals surface area (Å²) in [5.74, 6) is -0.396. The Bertz CT molecular complexity index is 338. The van der Waals surface area contributed by atoms with Crippen molar-refractivity contribution in [1.29, 1.82) is 0 Å². The molecule has 0 fully saturated rings. The average Bonchev–Trinajstić information content (AvgIpc) is 2.26. The van der Waals surface area contributed by atoms with Gasteiger partial charge in [0.25, 0.3) is 0 Å². The van der Waals surface area contributed by atoms with Gasteiger partial charge in [0.05, 0.1) is 0 Å². The molecule has 1 rings (SSSR count). The fourth-order valence-corrected chi connectivity index (χ4v) is 1.11. The summed E-state index contributed by atoms with van der Waals surface area (Å²) in [4.78, 5) is 10.4. The Labute approximate surface area is 88.7 Å². The van der Waals surface area contributed by atoms with E-state index in [1.807, 2.05) is 25.1 Å². The summed E-state index contributed by atoms with van der Waals surface area (Å²) < 4.78 is 5.27. The largest absolute Gasteiger partial charge is 0.491 e. The maximum Gasteiger partial charge on any atom is 0.324 e. The molecule has 0 aliphatic carbocycles. The first-order valence-corrected chi connectivity index (χ1v) is 4.83. The molecule has 0 radical (unpaired) electrons. The number of ether oxygens (including phenoxy) is 1. The molecule has 0 aliphatic rings. The smallest absolute Gasteiger partial charge is 0.324 e. The number of aryl methyl sites for hydroxylation is 1. The Morgan fingerprint density at radius 2 is 2.33 bits per heavy atom. The quantitative estimate of drug-likeness (QED) is 0.760. The number of carboxylic acids is 1. The van der Waals surface area contributed by atoms with Crippen molar-refractivity contribution in [1.82, 2.24) is 0 Å². The van der Waals surface area contributed by atoms with Gasteiger partial charge in [0, 0.05) is 0 Å². The first-order chi connectivity index (χ1) is 7.13. The lowest BCUT2D eigenvalue weighted by Crippen LogP contribution is -2.36.